The summed E-state index contributed by atoms with van der Waals surface area (Å²) >= 11 is 0. The van der Waals surface area contributed by atoms with Crippen LogP contribution in [0.1, 0.15) is 47.4 Å². The number of hydrogen-bond donors (Lipinski definition) is 1. The average molecular weight is 360 g/mol. The van der Waals surface area contributed by atoms with Crippen molar-refractivity contribution >= 4 is 17.3 Å². The number of anilines is 2. The van der Waals surface area contributed by atoms with Gasteiger partial charge in [-0.15, -0.1) is 0 Å². The number of halogens is 1. The van der Waals surface area contributed by atoms with E-state index in [0.717, 1.165) is 11.3 Å². The van der Waals surface area contributed by atoms with Gasteiger partial charge >= 0.3 is 0 Å². The van der Waals surface area contributed by atoms with Crippen LogP contribution in [0.2, 0.25) is 0 Å². The van der Waals surface area contributed by atoms with Crippen molar-refractivity contribution in [1.29, 1.82) is 0 Å². The monoisotopic (exact) mass is 360 g/mol. The molecule has 0 fully saturated rings. The predicted molar refractivity (Wildman–Crippen MR) is 107 cm³/mol. The molecular formula is C23H21FN2O. The smallest absolute Gasteiger partial charge is 0.262 e. The summed E-state index contributed by atoms with van der Waals surface area (Å²) in [4.78, 5) is 14.9. The first-order valence-corrected chi connectivity index (χ1v) is 9.09. The van der Waals surface area contributed by atoms with Gasteiger partial charge in [0, 0.05) is 11.4 Å². The number of benzene rings is 3. The fraction of sp³-hybridized carbons (Fsp3) is 0.174. The highest BCUT2D eigenvalue weighted by Crippen LogP contribution is 2.36. The molecule has 1 aliphatic heterocycles. The third kappa shape index (κ3) is 3.19. The molecule has 1 atom stereocenters. The van der Waals surface area contributed by atoms with Gasteiger partial charge in [0.05, 0.1) is 5.56 Å². The van der Waals surface area contributed by atoms with Gasteiger partial charge < -0.3 is 5.32 Å². The van der Waals surface area contributed by atoms with Crippen LogP contribution in [0.15, 0.2) is 72.8 Å². The summed E-state index contributed by atoms with van der Waals surface area (Å²) in [6.07, 6.45) is -0.362. The van der Waals surface area contributed by atoms with Crippen LogP contribution in [-0.4, -0.2) is 5.91 Å². The first-order valence-electron chi connectivity index (χ1n) is 9.09. The molecule has 0 unspecified atom stereocenters. The van der Waals surface area contributed by atoms with Crippen LogP contribution < -0.4 is 10.2 Å². The van der Waals surface area contributed by atoms with Crippen LogP contribution in [0.3, 0.4) is 0 Å². The average Bonchev–Trinajstić information content (AvgIpc) is 2.69. The molecular weight excluding hydrogens is 339 g/mol. The maximum Gasteiger partial charge on any atom is 0.262 e. The summed E-state index contributed by atoms with van der Waals surface area (Å²) < 4.78 is 13.4. The number of carbonyl (C=O) groups excluding carboxylic acids is 1. The van der Waals surface area contributed by atoms with E-state index in [1.807, 2.05) is 30.3 Å². The van der Waals surface area contributed by atoms with Gasteiger partial charge in [-0.1, -0.05) is 50.2 Å². The van der Waals surface area contributed by atoms with Crippen LogP contribution in [0, 0.1) is 5.82 Å². The number of fused-ring (bicyclic) bond motifs is 1. The quantitative estimate of drug-likeness (QED) is 0.648. The fourth-order valence-electron chi connectivity index (χ4n) is 3.42. The Bertz CT molecular complexity index is 964. The van der Waals surface area contributed by atoms with Crippen molar-refractivity contribution in [3.8, 4) is 0 Å². The van der Waals surface area contributed by atoms with Crippen molar-refractivity contribution in [3.63, 3.8) is 0 Å². The van der Waals surface area contributed by atoms with E-state index in [0.29, 0.717) is 17.2 Å². The Morgan fingerprint density at radius 2 is 1.59 bits per heavy atom. The van der Waals surface area contributed by atoms with Gasteiger partial charge in [0.15, 0.2) is 0 Å². The third-order valence-corrected chi connectivity index (χ3v) is 4.95. The summed E-state index contributed by atoms with van der Waals surface area (Å²) in [7, 11) is 0. The summed E-state index contributed by atoms with van der Waals surface area (Å²) in [5.74, 6) is 0.0113. The SMILES string of the molecule is CC(C)c1ccc([C@@H]2Nc3ccccc3C(=O)N2c2ccc(F)cc2)cc1. The number of carbonyl (C=O) groups is 1. The van der Waals surface area contributed by atoms with Crippen LogP contribution in [0.25, 0.3) is 0 Å². The zero-order valence-corrected chi connectivity index (χ0v) is 15.3. The van der Waals surface area contributed by atoms with E-state index in [1.165, 1.54) is 17.7 Å². The first kappa shape index (κ1) is 17.3. The topological polar surface area (TPSA) is 32.3 Å². The normalized spacial score (nSPS) is 16.2. The molecule has 1 aliphatic rings. The molecule has 1 amide bonds. The van der Waals surface area contributed by atoms with E-state index in [1.54, 1.807) is 23.1 Å². The molecule has 0 spiro atoms. The Morgan fingerprint density at radius 3 is 2.26 bits per heavy atom. The number of nitrogens with zero attached hydrogens (tertiary/aromatic N) is 1. The highest BCUT2D eigenvalue weighted by Gasteiger charge is 2.33. The molecule has 0 bridgehead atoms. The van der Waals surface area contributed by atoms with Crippen LogP contribution in [0.5, 0.6) is 0 Å². The maximum absolute atomic E-state index is 13.4. The number of amides is 1. The lowest BCUT2D eigenvalue weighted by Crippen LogP contribution is -2.43. The number of nitrogens with one attached hydrogen (secondary N) is 1. The molecule has 3 aromatic carbocycles. The number of rotatable bonds is 3. The summed E-state index contributed by atoms with van der Waals surface area (Å²) in [6.45, 7) is 4.30. The summed E-state index contributed by atoms with van der Waals surface area (Å²) in [5.41, 5.74) is 4.29. The minimum absolute atomic E-state index is 0.103. The maximum atomic E-state index is 13.4. The Balaban J connectivity index is 1.81. The fourth-order valence-corrected chi connectivity index (χ4v) is 3.42. The molecule has 27 heavy (non-hydrogen) atoms. The third-order valence-electron chi connectivity index (χ3n) is 4.95. The van der Waals surface area contributed by atoms with Crippen molar-refractivity contribution in [2.24, 2.45) is 0 Å². The summed E-state index contributed by atoms with van der Waals surface area (Å²) in [6, 6.07) is 21.8. The van der Waals surface area contributed by atoms with Crippen molar-refractivity contribution in [2.45, 2.75) is 25.9 Å². The van der Waals surface area contributed by atoms with Crippen LogP contribution in [0.4, 0.5) is 15.8 Å². The van der Waals surface area contributed by atoms with Crippen LogP contribution >= 0.6 is 0 Å². The van der Waals surface area contributed by atoms with Gasteiger partial charge in [-0.3, -0.25) is 9.69 Å². The Labute approximate surface area is 158 Å². The van der Waals surface area contributed by atoms with Crippen molar-refractivity contribution in [1.82, 2.24) is 0 Å². The molecule has 3 aromatic rings. The largest absolute Gasteiger partial charge is 0.360 e. The van der Waals surface area contributed by atoms with Gasteiger partial charge in [0.1, 0.15) is 12.0 Å². The van der Waals surface area contributed by atoms with E-state index in [-0.39, 0.29) is 17.9 Å². The number of hydrogen-bond acceptors (Lipinski definition) is 2. The predicted octanol–water partition coefficient (Wildman–Crippen LogP) is 5.72. The lowest BCUT2D eigenvalue weighted by molar-refractivity contribution is 0.0975. The van der Waals surface area contributed by atoms with Gasteiger partial charge in [0.25, 0.3) is 5.91 Å². The standard InChI is InChI=1S/C23H21FN2O/c1-15(2)16-7-9-17(10-8-16)22-25-21-6-4-3-5-20(21)23(27)26(22)19-13-11-18(24)12-14-19/h3-15,22,25H,1-2H3/t22-/m1/s1. The van der Waals surface area contributed by atoms with E-state index in [4.69, 9.17) is 0 Å². The van der Waals surface area contributed by atoms with Gasteiger partial charge in [0.2, 0.25) is 0 Å². The minimum atomic E-state index is -0.362. The van der Waals surface area contributed by atoms with E-state index in [2.05, 4.69) is 31.3 Å². The molecule has 4 heteroatoms. The molecule has 3 nitrogen and oxygen atoms in total. The highest BCUT2D eigenvalue weighted by atomic mass is 19.1. The molecule has 0 aliphatic carbocycles. The molecule has 1 heterocycles. The molecule has 0 saturated carbocycles. The first-order chi connectivity index (χ1) is 13.0. The van der Waals surface area contributed by atoms with Gasteiger partial charge in [-0.05, 0) is 53.4 Å². The van der Waals surface area contributed by atoms with Crippen molar-refractivity contribution in [2.75, 3.05) is 10.2 Å². The number of para-hydroxylation sites is 1. The zero-order chi connectivity index (χ0) is 19.0. The Kier molecular flexibility index (Phi) is 4.40. The molecule has 4 rings (SSSR count). The second-order valence-electron chi connectivity index (χ2n) is 7.07. The Morgan fingerprint density at radius 1 is 0.926 bits per heavy atom. The highest BCUT2D eigenvalue weighted by molar-refractivity contribution is 6.12. The Hall–Kier alpha value is -3.14. The minimum Gasteiger partial charge on any atom is -0.360 e. The van der Waals surface area contributed by atoms with E-state index < -0.39 is 0 Å². The zero-order valence-electron chi connectivity index (χ0n) is 15.3. The molecule has 0 saturated heterocycles. The van der Waals surface area contributed by atoms with E-state index in [9.17, 15) is 9.18 Å². The van der Waals surface area contributed by atoms with Crippen LogP contribution in [-0.2, 0) is 0 Å². The van der Waals surface area contributed by atoms with Crippen molar-refractivity contribution in [3.05, 3.63) is 95.3 Å². The lowest BCUT2D eigenvalue weighted by atomic mass is 9.98. The molecule has 0 aromatic heterocycles. The molecule has 0 radical (unpaired) electrons. The van der Waals surface area contributed by atoms with Gasteiger partial charge in [-0.25, -0.2) is 4.39 Å². The van der Waals surface area contributed by atoms with Crippen molar-refractivity contribution < 1.29 is 9.18 Å². The lowest BCUT2D eigenvalue weighted by Gasteiger charge is -2.38. The van der Waals surface area contributed by atoms with Gasteiger partial charge in [-0.2, -0.15) is 0 Å². The second kappa shape index (κ2) is 6.88. The second-order valence-corrected chi connectivity index (χ2v) is 7.07. The van der Waals surface area contributed by atoms with E-state index >= 15 is 0 Å². The molecule has 136 valence electrons. The molecule has 1 N–H and O–H groups in total. The summed E-state index contributed by atoms with van der Waals surface area (Å²) in [5, 5.41) is 3.47.